The molecule has 0 atom stereocenters. The highest BCUT2D eigenvalue weighted by atomic mass is 16.5. The minimum absolute atomic E-state index is 0.455. The largest absolute Gasteiger partial charge is 0.463 e. The van der Waals surface area contributed by atoms with E-state index in [4.69, 9.17) is 4.74 Å². The van der Waals surface area contributed by atoms with E-state index in [2.05, 4.69) is 23.5 Å². The molecule has 0 aliphatic heterocycles. The van der Waals surface area contributed by atoms with Crippen LogP contribution in [0.15, 0.2) is 12.2 Å². The van der Waals surface area contributed by atoms with Crippen LogP contribution in [-0.4, -0.2) is 16.6 Å². The molecule has 0 amide bonds. The van der Waals surface area contributed by atoms with Crippen LogP contribution in [0.4, 0.5) is 0 Å². The lowest BCUT2D eigenvalue weighted by atomic mass is 10.2. The van der Waals surface area contributed by atoms with Crippen LogP contribution < -0.4 is 15.3 Å². The molecule has 1 aromatic heterocycles. The topological polar surface area (TPSA) is 35.0 Å². The van der Waals surface area contributed by atoms with Crippen molar-refractivity contribution in [3.63, 3.8) is 0 Å². The van der Waals surface area contributed by atoms with Gasteiger partial charge in [0, 0.05) is 5.22 Å². The van der Waals surface area contributed by atoms with E-state index >= 15 is 0 Å². The first-order valence-electron chi connectivity index (χ1n) is 5.89. The Morgan fingerprint density at radius 3 is 2.65 bits per heavy atom. The number of nitrogens with zero attached hydrogens (tertiary/aromatic N) is 2. The summed E-state index contributed by atoms with van der Waals surface area (Å²) in [6, 6.07) is 0.455. The molecule has 1 aromatic rings. The van der Waals surface area contributed by atoms with Gasteiger partial charge < -0.3 is 4.74 Å². The van der Waals surface area contributed by atoms with E-state index in [1.165, 1.54) is 0 Å². The lowest BCUT2D eigenvalue weighted by Gasteiger charge is -2.04. The predicted molar refractivity (Wildman–Crippen MR) is 71.2 cm³/mol. The molecule has 0 unspecified atom stereocenters. The van der Waals surface area contributed by atoms with Gasteiger partial charge in [-0.2, -0.15) is 9.97 Å². The molecular weight excluding hydrogens is 212 g/mol. The number of ether oxygens (including phenoxy) is 1. The van der Waals surface area contributed by atoms with Gasteiger partial charge in [0.15, 0.2) is 0 Å². The summed E-state index contributed by atoms with van der Waals surface area (Å²) in [7, 11) is 0. The zero-order chi connectivity index (χ0) is 12.8. The third kappa shape index (κ3) is 3.70. The van der Waals surface area contributed by atoms with Gasteiger partial charge in [-0.25, -0.2) is 0 Å². The Balaban J connectivity index is 3.32. The second-order valence-corrected chi connectivity index (χ2v) is 4.02. The van der Waals surface area contributed by atoms with Crippen LogP contribution >= 0.6 is 0 Å². The van der Waals surface area contributed by atoms with Crippen molar-refractivity contribution in [3.05, 3.63) is 28.4 Å². The Kier molecular flexibility index (Phi) is 4.88. The summed E-state index contributed by atoms with van der Waals surface area (Å²) < 4.78 is 5.46. The molecule has 0 fully saturated rings. The van der Waals surface area contributed by atoms with Crippen LogP contribution in [0.2, 0.25) is 0 Å². The van der Waals surface area contributed by atoms with Crippen molar-refractivity contribution in [2.24, 2.45) is 0 Å². The molecule has 0 radical (unpaired) electrons. The second kappa shape index (κ2) is 6.18. The number of aromatic nitrogens is 2. The zero-order valence-electron chi connectivity index (χ0n) is 11.1. The SMILES string of the molecule is C=C(C)/C=c1/c(C)nc(OCCC)n/c1=C/C. The second-order valence-electron chi connectivity index (χ2n) is 4.02. The average molecular weight is 232 g/mol. The molecule has 0 aliphatic rings. The maximum atomic E-state index is 5.46. The molecule has 0 aromatic carbocycles. The predicted octanol–water partition coefficient (Wildman–Crippen LogP) is 1.73. The Hall–Kier alpha value is -1.64. The molecule has 0 N–H and O–H groups in total. The fourth-order valence-corrected chi connectivity index (χ4v) is 1.48. The number of allylic oxidation sites excluding steroid dienone is 1. The summed E-state index contributed by atoms with van der Waals surface area (Å²) in [5.41, 5.74) is 1.91. The minimum atomic E-state index is 0.455. The Morgan fingerprint density at radius 2 is 2.12 bits per heavy atom. The van der Waals surface area contributed by atoms with Gasteiger partial charge in [-0.15, -0.1) is 0 Å². The van der Waals surface area contributed by atoms with Crippen LogP contribution in [0.25, 0.3) is 12.2 Å². The smallest absolute Gasteiger partial charge is 0.317 e. The van der Waals surface area contributed by atoms with Gasteiger partial charge in [0.1, 0.15) is 0 Å². The standard InChI is InChI=1S/C14H20N2O/c1-6-8-17-14-15-11(5)12(9-10(3)4)13(7-2)16-14/h7,9H,3,6,8H2,1-2,4-5H3/b12-9-,13-7+. The molecule has 0 bridgehead atoms. The Bertz CT molecular complexity index is 518. The van der Waals surface area contributed by atoms with Crippen molar-refractivity contribution in [2.75, 3.05) is 6.61 Å². The van der Waals surface area contributed by atoms with Crippen LogP contribution in [-0.2, 0) is 0 Å². The average Bonchev–Trinajstić information content (AvgIpc) is 2.28. The molecule has 0 spiro atoms. The minimum Gasteiger partial charge on any atom is -0.463 e. The van der Waals surface area contributed by atoms with Crippen molar-refractivity contribution in [3.8, 4) is 6.01 Å². The zero-order valence-corrected chi connectivity index (χ0v) is 11.1. The van der Waals surface area contributed by atoms with Crippen molar-refractivity contribution in [1.29, 1.82) is 0 Å². The van der Waals surface area contributed by atoms with E-state index in [-0.39, 0.29) is 0 Å². The molecule has 92 valence electrons. The Morgan fingerprint density at radius 1 is 1.41 bits per heavy atom. The molecule has 0 aliphatic carbocycles. The number of aryl methyl sites for hydroxylation is 1. The fraction of sp³-hybridized carbons (Fsp3) is 0.429. The summed E-state index contributed by atoms with van der Waals surface area (Å²) >= 11 is 0. The van der Waals surface area contributed by atoms with Crippen molar-refractivity contribution in [2.45, 2.75) is 34.1 Å². The number of hydrogen-bond acceptors (Lipinski definition) is 3. The van der Waals surface area contributed by atoms with E-state index in [9.17, 15) is 0 Å². The van der Waals surface area contributed by atoms with Gasteiger partial charge in [0.2, 0.25) is 0 Å². The van der Waals surface area contributed by atoms with Crippen molar-refractivity contribution >= 4 is 12.2 Å². The first-order chi connectivity index (χ1) is 8.08. The summed E-state index contributed by atoms with van der Waals surface area (Å²) in [5, 5.41) is 1.91. The van der Waals surface area contributed by atoms with Crippen LogP contribution in [0, 0.1) is 6.92 Å². The highest BCUT2D eigenvalue weighted by molar-refractivity contribution is 5.45. The number of rotatable bonds is 4. The summed E-state index contributed by atoms with van der Waals surface area (Å²) in [5.74, 6) is 0. The van der Waals surface area contributed by atoms with Gasteiger partial charge in [-0.3, -0.25) is 0 Å². The monoisotopic (exact) mass is 232 g/mol. The van der Waals surface area contributed by atoms with E-state index < -0.39 is 0 Å². The highest BCUT2D eigenvalue weighted by Crippen LogP contribution is 1.98. The molecular formula is C14H20N2O. The van der Waals surface area contributed by atoms with Gasteiger partial charge >= 0.3 is 6.01 Å². The van der Waals surface area contributed by atoms with Crippen molar-refractivity contribution < 1.29 is 4.74 Å². The molecule has 3 nitrogen and oxygen atoms in total. The first kappa shape index (κ1) is 13.4. The summed E-state index contributed by atoms with van der Waals surface area (Å²) in [4.78, 5) is 8.73. The molecule has 0 saturated carbocycles. The molecule has 3 heteroatoms. The lowest BCUT2D eigenvalue weighted by Crippen LogP contribution is -2.32. The molecule has 17 heavy (non-hydrogen) atoms. The van der Waals surface area contributed by atoms with Gasteiger partial charge in [0.05, 0.1) is 17.6 Å². The van der Waals surface area contributed by atoms with E-state index in [1.807, 2.05) is 32.9 Å². The Labute approximate surface area is 103 Å². The van der Waals surface area contributed by atoms with E-state index in [1.54, 1.807) is 0 Å². The van der Waals surface area contributed by atoms with Gasteiger partial charge in [-0.05, 0) is 33.3 Å². The summed E-state index contributed by atoms with van der Waals surface area (Å²) in [6.07, 6.45) is 4.91. The third-order valence-corrected chi connectivity index (χ3v) is 2.24. The maximum absolute atomic E-state index is 5.46. The maximum Gasteiger partial charge on any atom is 0.317 e. The fourth-order valence-electron chi connectivity index (χ4n) is 1.48. The quantitative estimate of drug-likeness (QED) is 0.793. The van der Waals surface area contributed by atoms with Crippen LogP contribution in [0.5, 0.6) is 6.01 Å². The molecule has 1 rings (SSSR count). The lowest BCUT2D eigenvalue weighted by molar-refractivity contribution is 0.290. The first-order valence-corrected chi connectivity index (χ1v) is 5.89. The van der Waals surface area contributed by atoms with Gasteiger partial charge in [0.25, 0.3) is 0 Å². The van der Waals surface area contributed by atoms with E-state index in [0.29, 0.717) is 12.6 Å². The highest BCUT2D eigenvalue weighted by Gasteiger charge is 2.01. The molecule has 0 saturated heterocycles. The van der Waals surface area contributed by atoms with Crippen molar-refractivity contribution in [1.82, 2.24) is 9.97 Å². The van der Waals surface area contributed by atoms with Crippen LogP contribution in [0.3, 0.4) is 0 Å². The normalized spacial score (nSPS) is 12.9. The number of hydrogen-bond donors (Lipinski definition) is 0. The van der Waals surface area contributed by atoms with Crippen LogP contribution in [0.1, 0.15) is 32.9 Å². The van der Waals surface area contributed by atoms with E-state index in [0.717, 1.165) is 28.3 Å². The third-order valence-electron chi connectivity index (χ3n) is 2.24. The van der Waals surface area contributed by atoms with Gasteiger partial charge in [-0.1, -0.05) is 25.2 Å². The molecule has 1 heterocycles. The summed E-state index contributed by atoms with van der Waals surface area (Å²) in [6.45, 7) is 12.5.